The Morgan fingerprint density at radius 1 is 1.19 bits per heavy atom. The summed E-state index contributed by atoms with van der Waals surface area (Å²) in [5, 5.41) is 20.0. The summed E-state index contributed by atoms with van der Waals surface area (Å²) < 4.78 is 0. The molecule has 2 rings (SSSR count). The molecule has 0 unspecified atom stereocenters. The van der Waals surface area contributed by atoms with Crippen LogP contribution in [0.15, 0.2) is 59.7 Å². The largest absolute Gasteiger partial charge is 0.504 e. The topological polar surface area (TPSA) is 86.6 Å². The number of carbonyl (C=O) groups excluding carboxylic acids is 2. The first-order chi connectivity index (χ1) is 9.93. The number of thiol groups is 1. The number of phenols is 2. The fraction of sp³-hybridized carbons (Fsp3) is 0.0667. The first-order valence-corrected chi connectivity index (χ1v) is 6.42. The molecule has 5 nitrogen and oxygen atoms in total. The first kappa shape index (κ1) is 16.6. The van der Waals surface area contributed by atoms with Gasteiger partial charge in [0.05, 0.1) is 6.42 Å². The number of aromatic hydroxyl groups is 2. The van der Waals surface area contributed by atoms with Crippen LogP contribution in [0.1, 0.15) is 6.42 Å². The van der Waals surface area contributed by atoms with E-state index in [4.69, 9.17) is 10.2 Å². The van der Waals surface area contributed by atoms with E-state index in [2.05, 4.69) is 24.5 Å². The number of phenolic OH excluding ortho intramolecular Hbond substituents is 2. The minimum absolute atomic E-state index is 0.118. The van der Waals surface area contributed by atoms with Crippen molar-refractivity contribution in [1.82, 2.24) is 5.32 Å². The molecule has 3 N–H and O–H groups in total. The maximum absolute atomic E-state index is 10.7. The number of hydrogen-bond acceptors (Lipinski definition) is 5. The molecule has 0 saturated carbocycles. The monoisotopic (exact) mass is 305 g/mol. The van der Waals surface area contributed by atoms with Gasteiger partial charge >= 0.3 is 0 Å². The summed E-state index contributed by atoms with van der Waals surface area (Å²) in [4.78, 5) is 22.0. The Labute approximate surface area is 127 Å². The Balaban J connectivity index is 0.000000219. The van der Waals surface area contributed by atoms with Crippen molar-refractivity contribution in [2.45, 2.75) is 11.3 Å². The molecular formula is C15H15NO4S. The lowest BCUT2D eigenvalue weighted by molar-refractivity contribution is -0.135. The van der Waals surface area contributed by atoms with Crippen LogP contribution in [0.3, 0.4) is 0 Å². The standard InChI is InChI=1S/C9H9NO2.C6H6O2S/c1-2-3-4-5-7-6-8(11)9(12)10-7;7-5-2-1-4(9)3-6(5)8/h2-5H,1,6H2,(H,10,12);1-3,7-9H/b4-3-,7-5+;. The Morgan fingerprint density at radius 3 is 2.38 bits per heavy atom. The fourth-order valence-electron chi connectivity index (χ4n) is 1.38. The molecule has 0 aliphatic carbocycles. The van der Waals surface area contributed by atoms with Gasteiger partial charge in [0.25, 0.3) is 5.91 Å². The molecule has 0 aromatic heterocycles. The summed E-state index contributed by atoms with van der Waals surface area (Å²) in [7, 11) is 0. The van der Waals surface area contributed by atoms with Crippen LogP contribution >= 0.6 is 12.6 Å². The second-order valence-electron chi connectivity index (χ2n) is 4.04. The van der Waals surface area contributed by atoms with Gasteiger partial charge in [0.1, 0.15) is 0 Å². The number of rotatable bonds is 2. The molecule has 110 valence electrons. The molecule has 1 fully saturated rings. The quantitative estimate of drug-likeness (QED) is 0.292. The Morgan fingerprint density at radius 2 is 1.90 bits per heavy atom. The van der Waals surface area contributed by atoms with E-state index in [0.717, 1.165) is 0 Å². The minimum atomic E-state index is -0.520. The van der Waals surface area contributed by atoms with Gasteiger partial charge in [-0.15, -0.1) is 12.6 Å². The van der Waals surface area contributed by atoms with E-state index in [9.17, 15) is 9.59 Å². The third-order valence-electron chi connectivity index (χ3n) is 2.38. The van der Waals surface area contributed by atoms with Crippen LogP contribution < -0.4 is 5.32 Å². The van der Waals surface area contributed by atoms with E-state index in [1.165, 1.54) is 12.1 Å². The third-order valence-corrected chi connectivity index (χ3v) is 2.66. The van der Waals surface area contributed by atoms with Crippen LogP contribution in [0, 0.1) is 0 Å². The van der Waals surface area contributed by atoms with Gasteiger partial charge < -0.3 is 15.5 Å². The Kier molecular flexibility index (Phi) is 6.29. The Hall–Kier alpha value is -2.47. The van der Waals surface area contributed by atoms with Crippen LogP contribution in [0.5, 0.6) is 11.5 Å². The summed E-state index contributed by atoms with van der Waals surface area (Å²) in [6.45, 7) is 3.48. The van der Waals surface area contributed by atoms with Crippen LogP contribution in [0.4, 0.5) is 0 Å². The maximum atomic E-state index is 10.7. The molecular weight excluding hydrogens is 290 g/mol. The summed E-state index contributed by atoms with van der Waals surface area (Å²) in [5.41, 5.74) is 0.642. The normalized spacial score (nSPS) is 15.8. The molecule has 1 amide bonds. The smallest absolute Gasteiger partial charge is 0.291 e. The van der Waals surface area contributed by atoms with Gasteiger partial charge in [-0.05, 0) is 24.3 Å². The molecule has 1 aromatic carbocycles. The van der Waals surface area contributed by atoms with Crippen molar-refractivity contribution < 1.29 is 19.8 Å². The fourth-order valence-corrected chi connectivity index (χ4v) is 1.57. The highest BCUT2D eigenvalue weighted by atomic mass is 32.1. The lowest BCUT2D eigenvalue weighted by Gasteiger charge is -1.95. The molecule has 0 spiro atoms. The number of Topliss-reactive ketones (excluding diaryl/α,β-unsaturated/α-hetero) is 1. The molecule has 21 heavy (non-hydrogen) atoms. The van der Waals surface area contributed by atoms with Gasteiger partial charge in [-0.2, -0.15) is 0 Å². The summed E-state index contributed by atoms with van der Waals surface area (Å²) in [5.74, 6) is -1.16. The molecule has 1 heterocycles. The van der Waals surface area contributed by atoms with Gasteiger partial charge in [0.15, 0.2) is 11.5 Å². The Bertz CT molecular complexity index is 602. The van der Waals surface area contributed by atoms with Crippen molar-refractivity contribution in [3.8, 4) is 11.5 Å². The highest BCUT2D eigenvalue weighted by Gasteiger charge is 2.23. The summed E-state index contributed by atoms with van der Waals surface area (Å²) in [6.07, 6.45) is 6.93. The van der Waals surface area contributed by atoms with Crippen molar-refractivity contribution in [1.29, 1.82) is 0 Å². The lowest BCUT2D eigenvalue weighted by atomic mass is 10.3. The average molecular weight is 305 g/mol. The van der Waals surface area contributed by atoms with Crippen LogP contribution in [-0.2, 0) is 9.59 Å². The van der Waals surface area contributed by atoms with Crippen molar-refractivity contribution in [3.63, 3.8) is 0 Å². The van der Waals surface area contributed by atoms with E-state index in [-0.39, 0.29) is 23.7 Å². The van der Waals surface area contributed by atoms with E-state index in [1.54, 1.807) is 30.4 Å². The number of allylic oxidation sites excluding steroid dienone is 5. The van der Waals surface area contributed by atoms with Crippen LogP contribution in [0.2, 0.25) is 0 Å². The summed E-state index contributed by atoms with van der Waals surface area (Å²) in [6, 6.07) is 4.36. The average Bonchev–Trinajstić information content (AvgIpc) is 2.75. The number of nitrogens with one attached hydrogen (secondary N) is 1. The molecule has 0 radical (unpaired) electrons. The predicted octanol–water partition coefficient (Wildman–Crippen LogP) is 2.09. The number of hydrogen-bond donors (Lipinski definition) is 4. The number of amides is 1. The number of ketones is 1. The molecule has 0 atom stereocenters. The lowest BCUT2D eigenvalue weighted by Crippen LogP contribution is -2.17. The van der Waals surface area contributed by atoms with Gasteiger partial charge in [-0.3, -0.25) is 9.59 Å². The van der Waals surface area contributed by atoms with Gasteiger partial charge in [-0.1, -0.05) is 24.8 Å². The van der Waals surface area contributed by atoms with E-state index < -0.39 is 5.91 Å². The zero-order chi connectivity index (χ0) is 15.8. The van der Waals surface area contributed by atoms with E-state index in [1.807, 2.05) is 0 Å². The van der Waals surface area contributed by atoms with Gasteiger partial charge in [0.2, 0.25) is 5.78 Å². The SMILES string of the molecule is C=C/C=C\C=C1/CC(=O)C(=O)N1.Oc1ccc(S)cc1O. The van der Waals surface area contributed by atoms with Crippen molar-refractivity contribution >= 4 is 24.3 Å². The molecule has 1 aliphatic rings. The maximum Gasteiger partial charge on any atom is 0.291 e. The highest BCUT2D eigenvalue weighted by Crippen LogP contribution is 2.25. The first-order valence-electron chi connectivity index (χ1n) is 5.97. The second kappa shape index (κ2) is 7.96. The van der Waals surface area contributed by atoms with Crippen molar-refractivity contribution in [2.75, 3.05) is 0 Å². The van der Waals surface area contributed by atoms with Crippen molar-refractivity contribution in [2.24, 2.45) is 0 Å². The zero-order valence-electron chi connectivity index (χ0n) is 11.1. The zero-order valence-corrected chi connectivity index (χ0v) is 12.0. The third kappa shape index (κ3) is 5.58. The minimum Gasteiger partial charge on any atom is -0.504 e. The van der Waals surface area contributed by atoms with E-state index in [0.29, 0.717) is 10.6 Å². The van der Waals surface area contributed by atoms with Crippen molar-refractivity contribution in [3.05, 3.63) is 54.8 Å². The molecule has 6 heteroatoms. The van der Waals surface area contributed by atoms with E-state index >= 15 is 0 Å². The predicted molar refractivity (Wildman–Crippen MR) is 82.2 cm³/mol. The highest BCUT2D eigenvalue weighted by molar-refractivity contribution is 7.80. The molecule has 1 aromatic rings. The number of carbonyl (C=O) groups is 2. The van der Waals surface area contributed by atoms with Gasteiger partial charge in [0, 0.05) is 10.6 Å². The van der Waals surface area contributed by atoms with Crippen LogP contribution in [0.25, 0.3) is 0 Å². The van der Waals surface area contributed by atoms with Crippen LogP contribution in [-0.4, -0.2) is 21.9 Å². The van der Waals surface area contributed by atoms with Gasteiger partial charge in [-0.25, -0.2) is 0 Å². The molecule has 1 aliphatic heterocycles. The molecule has 1 saturated heterocycles. The second-order valence-corrected chi connectivity index (χ2v) is 4.56. The molecule has 0 bridgehead atoms. The summed E-state index contributed by atoms with van der Waals surface area (Å²) >= 11 is 3.93. The number of benzene rings is 1.